The van der Waals surface area contributed by atoms with E-state index in [2.05, 4.69) is 5.32 Å². The Kier molecular flexibility index (Phi) is 5.37. The fourth-order valence-corrected chi connectivity index (χ4v) is 3.24. The highest BCUT2D eigenvalue weighted by Gasteiger charge is 2.51. The number of aliphatic hydroxyl groups excluding tert-OH is 1. The van der Waals surface area contributed by atoms with E-state index >= 15 is 0 Å². The predicted molar refractivity (Wildman–Crippen MR) is 99.0 cm³/mol. The molecule has 27 heavy (non-hydrogen) atoms. The summed E-state index contributed by atoms with van der Waals surface area (Å²) in [6.45, 7) is 2.91. The van der Waals surface area contributed by atoms with E-state index in [0.29, 0.717) is 27.3 Å². The third-order valence-electron chi connectivity index (χ3n) is 4.23. The lowest BCUT2D eigenvalue weighted by molar-refractivity contribution is -0.132. The van der Waals surface area contributed by atoms with E-state index in [4.69, 9.17) is 32.4 Å². The van der Waals surface area contributed by atoms with Gasteiger partial charge in [0, 0.05) is 5.02 Å². The Labute approximate surface area is 165 Å². The highest BCUT2D eigenvalue weighted by Crippen LogP contribution is 2.30. The minimum atomic E-state index is -1.31. The lowest BCUT2D eigenvalue weighted by Gasteiger charge is -2.21. The topological polar surface area (TPSA) is 92.0 Å². The van der Waals surface area contributed by atoms with Crippen molar-refractivity contribution in [3.05, 3.63) is 51.9 Å². The predicted octanol–water partition coefficient (Wildman–Crippen LogP) is 3.10. The number of rotatable bonds is 6. The van der Waals surface area contributed by atoms with Crippen LogP contribution in [0.15, 0.2) is 34.7 Å². The fourth-order valence-electron chi connectivity index (χ4n) is 2.77. The molecule has 0 bridgehead atoms. The van der Waals surface area contributed by atoms with Gasteiger partial charge in [0.25, 0.3) is 5.91 Å². The van der Waals surface area contributed by atoms with Crippen molar-refractivity contribution < 1.29 is 23.8 Å². The number of aliphatic hydroxyl groups is 1. The Morgan fingerprint density at radius 1 is 1.30 bits per heavy atom. The number of nitrogens with one attached hydrogen (secondary N) is 1. The van der Waals surface area contributed by atoms with Gasteiger partial charge in [-0.1, -0.05) is 23.2 Å². The second-order valence-electron chi connectivity index (χ2n) is 6.42. The van der Waals surface area contributed by atoms with Crippen LogP contribution < -0.4 is 10.1 Å². The normalized spacial score (nSPS) is 20.7. The van der Waals surface area contributed by atoms with Crippen LogP contribution in [0.1, 0.15) is 18.4 Å². The molecule has 0 spiro atoms. The molecule has 2 aromatic rings. The number of halogens is 2. The Hall–Kier alpha value is -2.22. The third kappa shape index (κ3) is 3.90. The van der Waals surface area contributed by atoms with Gasteiger partial charge in [-0.2, -0.15) is 0 Å². The smallest absolute Gasteiger partial charge is 0.325 e. The summed E-state index contributed by atoms with van der Waals surface area (Å²) >= 11 is 11.8. The standard InChI is InChI=1S/C18H18Cl2N2O5/c1-10-3-6-15(27-10)18(2)16(24)22(17(25)21-18)8-12(23)9-26-14-5-4-11(19)7-13(14)20/h3-7,12,23H,8-9H2,1-2H3,(H,21,25). The first-order valence-corrected chi connectivity index (χ1v) is 8.93. The van der Waals surface area contributed by atoms with E-state index in [-0.39, 0.29) is 13.2 Å². The molecule has 2 heterocycles. The number of ether oxygens (including phenoxy) is 1. The molecule has 7 nitrogen and oxygen atoms in total. The first-order chi connectivity index (χ1) is 12.7. The van der Waals surface area contributed by atoms with Crippen LogP contribution in [0.5, 0.6) is 5.75 Å². The lowest BCUT2D eigenvalue weighted by atomic mass is 9.99. The molecule has 0 radical (unpaired) electrons. The van der Waals surface area contributed by atoms with Gasteiger partial charge in [0.15, 0.2) is 5.54 Å². The van der Waals surface area contributed by atoms with Crippen LogP contribution in [0.2, 0.25) is 10.0 Å². The van der Waals surface area contributed by atoms with Gasteiger partial charge in [-0.3, -0.25) is 9.69 Å². The second-order valence-corrected chi connectivity index (χ2v) is 7.26. The Balaban J connectivity index is 1.64. The number of carbonyl (C=O) groups excluding carboxylic acids is 2. The van der Waals surface area contributed by atoms with Gasteiger partial charge in [-0.05, 0) is 44.2 Å². The molecule has 1 fully saturated rings. The van der Waals surface area contributed by atoms with E-state index < -0.39 is 23.6 Å². The van der Waals surface area contributed by atoms with Crippen LogP contribution in [-0.2, 0) is 10.3 Å². The molecule has 0 aliphatic carbocycles. The van der Waals surface area contributed by atoms with E-state index in [0.717, 1.165) is 4.90 Å². The molecule has 0 saturated carbocycles. The van der Waals surface area contributed by atoms with Crippen LogP contribution in [0.4, 0.5) is 4.79 Å². The van der Waals surface area contributed by atoms with Crippen LogP contribution in [0.3, 0.4) is 0 Å². The molecule has 9 heteroatoms. The molecule has 1 aliphatic heterocycles. The van der Waals surface area contributed by atoms with Crippen LogP contribution in [-0.4, -0.2) is 41.2 Å². The zero-order valence-electron chi connectivity index (χ0n) is 14.7. The number of nitrogens with zero attached hydrogens (tertiary/aromatic N) is 1. The average Bonchev–Trinajstić information content (AvgIpc) is 3.12. The Morgan fingerprint density at radius 2 is 2.04 bits per heavy atom. The van der Waals surface area contributed by atoms with Crippen LogP contribution in [0.25, 0.3) is 0 Å². The zero-order valence-corrected chi connectivity index (χ0v) is 16.2. The van der Waals surface area contributed by atoms with Crippen molar-refractivity contribution in [2.24, 2.45) is 0 Å². The number of hydrogen-bond acceptors (Lipinski definition) is 5. The summed E-state index contributed by atoms with van der Waals surface area (Å²) < 4.78 is 10.9. The summed E-state index contributed by atoms with van der Waals surface area (Å²) in [5, 5.41) is 13.6. The van der Waals surface area contributed by atoms with Crippen LogP contribution in [0, 0.1) is 6.92 Å². The van der Waals surface area contributed by atoms with Gasteiger partial charge in [-0.15, -0.1) is 0 Å². The van der Waals surface area contributed by atoms with Crippen molar-refractivity contribution in [1.82, 2.24) is 10.2 Å². The highest BCUT2D eigenvalue weighted by molar-refractivity contribution is 6.35. The number of benzene rings is 1. The number of carbonyl (C=O) groups is 2. The van der Waals surface area contributed by atoms with Crippen molar-refractivity contribution >= 4 is 35.1 Å². The maximum Gasteiger partial charge on any atom is 0.325 e. The summed E-state index contributed by atoms with van der Waals surface area (Å²) in [6, 6.07) is 7.42. The largest absolute Gasteiger partial charge is 0.489 e. The molecule has 2 unspecified atom stereocenters. The lowest BCUT2D eigenvalue weighted by Crippen LogP contribution is -2.42. The average molecular weight is 413 g/mol. The molecule has 1 aromatic heterocycles. The number of amides is 3. The van der Waals surface area contributed by atoms with Gasteiger partial charge < -0.3 is 19.6 Å². The molecule has 3 rings (SSSR count). The number of imide groups is 1. The minimum absolute atomic E-state index is 0.158. The van der Waals surface area contributed by atoms with Crippen molar-refractivity contribution in [3.63, 3.8) is 0 Å². The Morgan fingerprint density at radius 3 is 2.67 bits per heavy atom. The monoisotopic (exact) mass is 412 g/mol. The van der Waals surface area contributed by atoms with Crippen LogP contribution >= 0.6 is 23.2 Å². The van der Waals surface area contributed by atoms with Crippen molar-refractivity contribution in [2.75, 3.05) is 13.2 Å². The summed E-state index contributed by atoms with van der Waals surface area (Å²) in [5.41, 5.74) is -1.31. The SMILES string of the molecule is Cc1ccc(C2(C)NC(=O)N(CC(O)COc3ccc(Cl)cc3Cl)C2=O)o1. The molecular formula is C18H18Cl2N2O5. The second kappa shape index (κ2) is 7.42. The number of urea groups is 1. The minimum Gasteiger partial charge on any atom is -0.489 e. The number of hydrogen-bond donors (Lipinski definition) is 2. The quantitative estimate of drug-likeness (QED) is 0.711. The van der Waals surface area contributed by atoms with E-state index in [1.807, 2.05) is 0 Å². The molecule has 1 aromatic carbocycles. The molecule has 2 atom stereocenters. The summed E-state index contributed by atoms with van der Waals surface area (Å²) in [4.78, 5) is 25.9. The molecule has 2 N–H and O–H groups in total. The molecular weight excluding hydrogens is 395 g/mol. The summed E-state index contributed by atoms with van der Waals surface area (Å²) in [7, 11) is 0. The molecule has 3 amide bonds. The number of aryl methyl sites for hydroxylation is 1. The first kappa shape index (κ1) is 19.5. The number of furan rings is 1. The third-order valence-corrected chi connectivity index (χ3v) is 4.76. The van der Waals surface area contributed by atoms with E-state index in [1.54, 1.807) is 38.1 Å². The van der Waals surface area contributed by atoms with Gasteiger partial charge in [-0.25, -0.2) is 4.79 Å². The van der Waals surface area contributed by atoms with Crippen molar-refractivity contribution in [1.29, 1.82) is 0 Å². The fraction of sp³-hybridized carbons (Fsp3) is 0.333. The Bertz CT molecular complexity index is 884. The van der Waals surface area contributed by atoms with Gasteiger partial charge in [0.1, 0.15) is 30.0 Å². The summed E-state index contributed by atoms with van der Waals surface area (Å²) in [6.07, 6.45) is -1.10. The maximum atomic E-state index is 12.7. The van der Waals surface area contributed by atoms with E-state index in [9.17, 15) is 14.7 Å². The first-order valence-electron chi connectivity index (χ1n) is 8.17. The van der Waals surface area contributed by atoms with Crippen molar-refractivity contribution in [3.8, 4) is 5.75 Å². The number of β-amino-alcohol motifs (C(OH)–C–C–N with tert-alkyl or cyclic N) is 1. The van der Waals surface area contributed by atoms with Gasteiger partial charge in [0.05, 0.1) is 11.6 Å². The molecule has 144 valence electrons. The van der Waals surface area contributed by atoms with E-state index in [1.165, 1.54) is 6.07 Å². The molecule has 1 aliphatic rings. The van der Waals surface area contributed by atoms with Crippen molar-refractivity contribution in [2.45, 2.75) is 25.5 Å². The highest BCUT2D eigenvalue weighted by atomic mass is 35.5. The molecule has 1 saturated heterocycles. The zero-order chi connectivity index (χ0) is 19.8. The summed E-state index contributed by atoms with van der Waals surface area (Å²) in [5.74, 6) is 0.790. The van der Waals surface area contributed by atoms with Gasteiger partial charge in [0.2, 0.25) is 0 Å². The maximum absolute atomic E-state index is 12.7. The van der Waals surface area contributed by atoms with Gasteiger partial charge >= 0.3 is 6.03 Å².